The maximum Gasteiger partial charge on any atom is 0.317 e. The molecule has 1 saturated heterocycles. The second kappa shape index (κ2) is 6.68. The van der Waals surface area contributed by atoms with E-state index in [1.807, 2.05) is 6.07 Å². The number of benzene rings is 1. The SMILES string of the molecule is CN(Cc1ccccc1)C[C@@H]1CCCN1CC(=O)O. The highest BCUT2D eigenvalue weighted by atomic mass is 16.4. The lowest BCUT2D eigenvalue weighted by atomic mass is 10.2. The normalized spacial score (nSPS) is 20.0. The molecule has 19 heavy (non-hydrogen) atoms. The van der Waals surface area contributed by atoms with Crippen molar-refractivity contribution in [2.45, 2.75) is 25.4 Å². The zero-order valence-corrected chi connectivity index (χ0v) is 11.5. The highest BCUT2D eigenvalue weighted by Crippen LogP contribution is 2.18. The number of rotatable bonds is 6. The molecule has 1 heterocycles. The predicted molar refractivity (Wildman–Crippen MR) is 75.0 cm³/mol. The first kappa shape index (κ1) is 14.0. The maximum absolute atomic E-state index is 10.8. The van der Waals surface area contributed by atoms with Gasteiger partial charge in [-0.3, -0.25) is 9.69 Å². The first-order chi connectivity index (χ1) is 9.15. The van der Waals surface area contributed by atoms with Crippen molar-refractivity contribution in [3.8, 4) is 0 Å². The maximum atomic E-state index is 10.8. The third kappa shape index (κ3) is 4.33. The lowest BCUT2D eigenvalue weighted by Gasteiger charge is -2.27. The summed E-state index contributed by atoms with van der Waals surface area (Å²) >= 11 is 0. The van der Waals surface area contributed by atoms with E-state index in [9.17, 15) is 4.79 Å². The van der Waals surface area contributed by atoms with Crippen molar-refractivity contribution in [2.75, 3.05) is 26.7 Å². The lowest BCUT2D eigenvalue weighted by Crippen LogP contribution is -2.41. The summed E-state index contributed by atoms with van der Waals surface area (Å²) in [5, 5.41) is 8.91. The number of aliphatic carboxylic acids is 1. The van der Waals surface area contributed by atoms with E-state index in [1.54, 1.807) is 0 Å². The first-order valence-electron chi connectivity index (χ1n) is 6.83. The van der Waals surface area contributed by atoms with Crippen molar-refractivity contribution in [2.24, 2.45) is 0 Å². The van der Waals surface area contributed by atoms with E-state index in [1.165, 1.54) is 5.56 Å². The van der Waals surface area contributed by atoms with Crippen molar-refractivity contribution in [3.63, 3.8) is 0 Å². The van der Waals surface area contributed by atoms with Crippen LogP contribution in [0.25, 0.3) is 0 Å². The molecule has 1 aromatic rings. The Morgan fingerprint density at radius 2 is 2.16 bits per heavy atom. The summed E-state index contributed by atoms with van der Waals surface area (Å²) in [6.07, 6.45) is 2.21. The highest BCUT2D eigenvalue weighted by molar-refractivity contribution is 5.69. The van der Waals surface area contributed by atoms with Gasteiger partial charge >= 0.3 is 5.97 Å². The molecule has 0 bridgehead atoms. The van der Waals surface area contributed by atoms with Crippen LogP contribution >= 0.6 is 0 Å². The highest BCUT2D eigenvalue weighted by Gasteiger charge is 2.26. The number of hydrogen-bond donors (Lipinski definition) is 1. The van der Waals surface area contributed by atoms with E-state index in [0.29, 0.717) is 6.04 Å². The van der Waals surface area contributed by atoms with Gasteiger partial charge in [0.2, 0.25) is 0 Å². The minimum atomic E-state index is -0.724. The van der Waals surface area contributed by atoms with E-state index in [-0.39, 0.29) is 6.54 Å². The summed E-state index contributed by atoms with van der Waals surface area (Å²) in [5.41, 5.74) is 1.30. The van der Waals surface area contributed by atoms with Crippen LogP contribution in [0.3, 0.4) is 0 Å². The lowest BCUT2D eigenvalue weighted by molar-refractivity contribution is -0.138. The number of carboxylic acid groups (broad SMARTS) is 1. The standard InChI is InChI=1S/C15H22N2O2/c1-16(10-13-6-3-2-4-7-13)11-14-8-5-9-17(14)12-15(18)19/h2-4,6-7,14H,5,8-12H2,1H3,(H,18,19)/t14-/m0/s1. The van der Waals surface area contributed by atoms with E-state index >= 15 is 0 Å². The molecule has 0 amide bonds. The van der Waals surface area contributed by atoms with Gasteiger partial charge in [0.15, 0.2) is 0 Å². The molecule has 4 nitrogen and oxygen atoms in total. The quantitative estimate of drug-likeness (QED) is 0.847. The summed E-state index contributed by atoms with van der Waals surface area (Å²) in [6.45, 7) is 2.93. The molecule has 1 atom stereocenters. The van der Waals surface area contributed by atoms with Crippen LogP contribution in [-0.4, -0.2) is 53.6 Å². The molecule has 1 fully saturated rings. The van der Waals surface area contributed by atoms with Gasteiger partial charge in [-0.1, -0.05) is 30.3 Å². The van der Waals surface area contributed by atoms with Crippen LogP contribution in [-0.2, 0) is 11.3 Å². The van der Waals surface area contributed by atoms with E-state index in [0.717, 1.165) is 32.5 Å². The molecule has 1 aliphatic heterocycles. The van der Waals surface area contributed by atoms with Gasteiger partial charge in [-0.15, -0.1) is 0 Å². The third-order valence-corrected chi connectivity index (χ3v) is 3.66. The van der Waals surface area contributed by atoms with Crippen molar-refractivity contribution in [3.05, 3.63) is 35.9 Å². The molecule has 104 valence electrons. The Morgan fingerprint density at radius 3 is 2.84 bits per heavy atom. The number of likely N-dealkylation sites (N-methyl/N-ethyl adjacent to an activating group) is 1. The van der Waals surface area contributed by atoms with E-state index in [4.69, 9.17) is 5.11 Å². The van der Waals surface area contributed by atoms with Gasteiger partial charge in [0, 0.05) is 19.1 Å². The Morgan fingerprint density at radius 1 is 1.42 bits per heavy atom. The van der Waals surface area contributed by atoms with E-state index < -0.39 is 5.97 Å². The van der Waals surface area contributed by atoms with Gasteiger partial charge in [-0.25, -0.2) is 0 Å². The zero-order valence-electron chi connectivity index (χ0n) is 11.5. The van der Waals surface area contributed by atoms with Crippen LogP contribution in [0.1, 0.15) is 18.4 Å². The number of nitrogens with zero attached hydrogens (tertiary/aromatic N) is 2. The van der Waals surface area contributed by atoms with Gasteiger partial charge < -0.3 is 10.0 Å². The van der Waals surface area contributed by atoms with Crippen LogP contribution < -0.4 is 0 Å². The molecule has 0 unspecified atom stereocenters. The fourth-order valence-corrected chi connectivity index (χ4v) is 2.80. The minimum Gasteiger partial charge on any atom is -0.480 e. The van der Waals surface area contributed by atoms with Crippen LogP contribution in [0.15, 0.2) is 30.3 Å². The molecule has 0 radical (unpaired) electrons. The Kier molecular flexibility index (Phi) is 4.93. The van der Waals surface area contributed by atoms with Gasteiger partial charge in [0.25, 0.3) is 0 Å². The predicted octanol–water partition coefficient (Wildman–Crippen LogP) is 1.67. The molecule has 1 aromatic carbocycles. The Balaban J connectivity index is 1.84. The summed E-state index contributed by atoms with van der Waals surface area (Å²) in [4.78, 5) is 15.2. The second-order valence-corrected chi connectivity index (χ2v) is 5.34. The van der Waals surface area contributed by atoms with Crippen molar-refractivity contribution in [1.82, 2.24) is 9.80 Å². The number of carboxylic acids is 1. The fourth-order valence-electron chi connectivity index (χ4n) is 2.80. The zero-order chi connectivity index (χ0) is 13.7. The van der Waals surface area contributed by atoms with Crippen molar-refractivity contribution < 1.29 is 9.90 Å². The topological polar surface area (TPSA) is 43.8 Å². The molecule has 0 spiro atoms. The number of hydrogen-bond acceptors (Lipinski definition) is 3. The number of carbonyl (C=O) groups is 1. The molecule has 1 N–H and O–H groups in total. The largest absolute Gasteiger partial charge is 0.480 e. The molecule has 4 heteroatoms. The summed E-state index contributed by atoms with van der Waals surface area (Å²) in [5.74, 6) is -0.724. The fraction of sp³-hybridized carbons (Fsp3) is 0.533. The molecular formula is C15H22N2O2. The summed E-state index contributed by atoms with van der Waals surface area (Å²) < 4.78 is 0. The smallest absolute Gasteiger partial charge is 0.317 e. The molecular weight excluding hydrogens is 240 g/mol. The minimum absolute atomic E-state index is 0.170. The van der Waals surface area contributed by atoms with Gasteiger partial charge in [-0.2, -0.15) is 0 Å². The molecule has 2 rings (SSSR count). The second-order valence-electron chi connectivity index (χ2n) is 5.34. The first-order valence-corrected chi connectivity index (χ1v) is 6.83. The molecule has 0 saturated carbocycles. The summed E-state index contributed by atoms with van der Waals surface area (Å²) in [7, 11) is 2.10. The van der Waals surface area contributed by atoms with Crippen LogP contribution in [0.4, 0.5) is 0 Å². The Bertz CT molecular complexity index is 408. The van der Waals surface area contributed by atoms with Gasteiger partial charge in [-0.05, 0) is 32.0 Å². The van der Waals surface area contributed by atoms with Crippen molar-refractivity contribution in [1.29, 1.82) is 0 Å². The van der Waals surface area contributed by atoms with Crippen LogP contribution in [0.2, 0.25) is 0 Å². The summed E-state index contributed by atoms with van der Waals surface area (Å²) in [6, 6.07) is 10.8. The average Bonchev–Trinajstić information content (AvgIpc) is 2.77. The number of likely N-dealkylation sites (tertiary alicyclic amines) is 1. The Labute approximate surface area is 114 Å². The van der Waals surface area contributed by atoms with Gasteiger partial charge in [0.05, 0.1) is 6.54 Å². The molecule has 0 aromatic heterocycles. The molecule has 1 aliphatic rings. The third-order valence-electron chi connectivity index (χ3n) is 3.66. The van der Waals surface area contributed by atoms with Crippen molar-refractivity contribution >= 4 is 5.97 Å². The average molecular weight is 262 g/mol. The monoisotopic (exact) mass is 262 g/mol. The van der Waals surface area contributed by atoms with Crippen LogP contribution in [0.5, 0.6) is 0 Å². The Hall–Kier alpha value is -1.39. The molecule has 0 aliphatic carbocycles. The van der Waals surface area contributed by atoms with Crippen LogP contribution in [0, 0.1) is 0 Å². The van der Waals surface area contributed by atoms with E-state index in [2.05, 4.69) is 41.1 Å². The van der Waals surface area contributed by atoms with Gasteiger partial charge in [0.1, 0.15) is 0 Å².